The van der Waals surface area contributed by atoms with E-state index < -0.39 is 288 Å². The van der Waals surface area contributed by atoms with Crippen molar-refractivity contribution < 1.29 is 148 Å². The molecule has 0 aliphatic heterocycles. The molecule has 39 nitrogen and oxygen atoms in total. The minimum absolute atomic E-state index is 0.00424. The van der Waals surface area contributed by atoms with Crippen LogP contribution in [0.25, 0.3) is 0 Å². The lowest BCUT2D eigenvalue weighted by Crippen LogP contribution is -2.50. The summed E-state index contributed by atoms with van der Waals surface area (Å²) in [6.07, 6.45) is -17.9. The zero-order valence-corrected chi connectivity index (χ0v) is 72.4. The van der Waals surface area contributed by atoms with Crippen molar-refractivity contribution in [3.05, 3.63) is 0 Å². The Morgan fingerprint density at radius 2 is 0.517 bits per heavy atom. The molecule has 10 atom stereocenters. The summed E-state index contributed by atoms with van der Waals surface area (Å²) in [5.74, 6) is -11.7. The highest BCUT2D eigenvalue weighted by Gasteiger charge is 2.32. The first-order valence-corrected chi connectivity index (χ1v) is 40.1. The number of nitrogens with one attached hydrogen (secondary N) is 6. The Labute approximate surface area is 713 Å². The van der Waals surface area contributed by atoms with Crippen LogP contribution in [0.1, 0.15) is 192 Å². The van der Waals surface area contributed by atoms with Crippen LogP contribution in [0.15, 0.2) is 0 Å². The van der Waals surface area contributed by atoms with Crippen LogP contribution in [0.4, 0.5) is 19.2 Å². The second kappa shape index (κ2) is 62.5. The SMILES string of the molecule is [2H]C(=O)C(CC(=O)CN(CC(=O)NC(CC(C)C)C([2H])=O)C(=O)OCOCC(COCC(COCOC(=O)N(CC(=O)CC(CC(C)C)C(C)=O)CC(=O)NC(CC(C)C)C([2H])=O)OCOC(=O)N(CC(=O)NC(CC(C)C)C([2H])=O)CC(=O)NC(CC(C)C)C([2H])=O)OCOC(=O)N(CC(=O)NC(CC(C)C)C([2H])=O)CC(=O)NC(CC(C)C)C([2H])=O)CC(C)C. The van der Waals surface area contributed by atoms with Gasteiger partial charge in [0.1, 0.15) is 111 Å². The summed E-state index contributed by atoms with van der Waals surface area (Å²) in [6, 6.07) is -8.23. The smallest absolute Gasteiger partial charge is 0.412 e. The molecule has 0 saturated heterocycles. The molecule has 0 aromatic carbocycles. The molecule has 0 aromatic rings. The van der Waals surface area contributed by atoms with Crippen molar-refractivity contribution >= 4 is 121 Å². The van der Waals surface area contributed by atoms with E-state index in [1.807, 2.05) is 13.8 Å². The van der Waals surface area contributed by atoms with Crippen LogP contribution in [-0.2, 0) is 119 Å². The maximum Gasteiger partial charge on any atom is 0.412 e. The Morgan fingerprint density at radius 3 is 0.742 bits per heavy atom. The highest BCUT2D eigenvalue weighted by molar-refractivity contribution is 5.93. The minimum Gasteiger partial charge on any atom is -0.422 e. The average molecular weight is 1720 g/mol. The van der Waals surface area contributed by atoms with E-state index in [2.05, 4.69) is 31.9 Å². The quantitative estimate of drug-likeness (QED) is 0.0218. The van der Waals surface area contributed by atoms with E-state index in [9.17, 15) is 95.9 Å². The van der Waals surface area contributed by atoms with Crippen LogP contribution in [0.5, 0.6) is 0 Å². The molecular formula is C81H134N10O29. The van der Waals surface area contributed by atoms with Crippen molar-refractivity contribution in [1.29, 1.82) is 0 Å². The molecule has 682 valence electrons. The van der Waals surface area contributed by atoms with Crippen molar-refractivity contribution in [2.75, 3.05) is 106 Å². The molecule has 0 bridgehead atoms. The highest BCUT2D eigenvalue weighted by Crippen LogP contribution is 2.19. The van der Waals surface area contributed by atoms with E-state index in [-0.39, 0.29) is 111 Å². The predicted molar refractivity (Wildman–Crippen MR) is 431 cm³/mol. The number of ether oxygens (including phenoxy) is 9. The fourth-order valence-electron chi connectivity index (χ4n) is 11.6. The van der Waals surface area contributed by atoms with Gasteiger partial charge in [-0.05, 0) is 106 Å². The first kappa shape index (κ1) is 97.5. The first-order valence-electron chi connectivity index (χ1n) is 43.6. The monoisotopic (exact) mass is 1720 g/mol. The zero-order chi connectivity index (χ0) is 97.2. The second-order valence-electron chi connectivity index (χ2n) is 32.5. The van der Waals surface area contributed by atoms with E-state index in [4.69, 9.17) is 52.2 Å². The third-order valence-electron chi connectivity index (χ3n) is 16.8. The van der Waals surface area contributed by atoms with Gasteiger partial charge >= 0.3 is 24.4 Å². The van der Waals surface area contributed by atoms with E-state index >= 15 is 0 Å². The minimum atomic E-state index is -1.58. The largest absolute Gasteiger partial charge is 0.422 e. The summed E-state index contributed by atoms with van der Waals surface area (Å²) in [5, 5.41) is 14.0. The summed E-state index contributed by atoms with van der Waals surface area (Å²) < 4.78 is 105. The van der Waals surface area contributed by atoms with Crippen LogP contribution in [-0.4, -0.2) is 295 Å². The summed E-state index contributed by atoms with van der Waals surface area (Å²) in [4.78, 5) is 266. The Kier molecular flexibility index (Phi) is 50.8. The lowest BCUT2D eigenvalue weighted by molar-refractivity contribution is -0.154. The van der Waals surface area contributed by atoms with Crippen molar-refractivity contribution in [2.45, 2.75) is 230 Å². The zero-order valence-electron chi connectivity index (χ0n) is 79.4. The van der Waals surface area contributed by atoms with Crippen LogP contribution < -0.4 is 31.9 Å². The third kappa shape index (κ3) is 53.8. The number of carbonyl (C=O) groups excluding carboxylic acids is 20. The highest BCUT2D eigenvalue weighted by atomic mass is 16.7. The summed E-state index contributed by atoms with van der Waals surface area (Å²) in [5.41, 5.74) is 0. The number of nitrogens with zero attached hydrogens (tertiary/aromatic N) is 4. The standard InChI is InChI=1S/C81H134N10O29/c1-51(2)18-60(36-92)26-68(100)28-88(30-72(102)82-62(37-93)20-53(5)6)78(108)117-47-113-45-70(115-49-119-80(110)90(32-74(104)84-64(39-95)22-55(9)10)33-75(105)85-65(40-96)23-56(11)12)43-112-44-71(116-50-120-81(111)91(34-76(106)86-66(41-97)24-57(13)14)35-77(107)87-67(42-98)25-58(15)16)46-114-48-118-79(109)89(31-73(103)83-63(38-94)21-54(7)8)29-69(101)27-61(59(17)99)19-52(3)4/h36-42,51-58,60-67,70-71H,18-35,43-50H2,1-17H3,(H,82,102)(H,83,103)(H,84,104)(H,85,105)(H,86,106)(H,87,107)/i36D,37D,38D,39D,40D,41D,42D. The fourth-order valence-corrected chi connectivity index (χ4v) is 11.6. The molecule has 0 radical (unpaired) electrons. The normalized spacial score (nSPS) is 14.7. The van der Waals surface area contributed by atoms with Gasteiger partial charge in [0.25, 0.3) is 0 Å². The maximum absolute atomic E-state index is 14.1. The van der Waals surface area contributed by atoms with Gasteiger partial charge in [0.2, 0.25) is 35.4 Å². The van der Waals surface area contributed by atoms with E-state index in [0.29, 0.717) is 19.6 Å². The van der Waals surface area contributed by atoms with Gasteiger partial charge in [-0.1, -0.05) is 111 Å². The van der Waals surface area contributed by atoms with Crippen LogP contribution in [0.2, 0.25) is 0 Å². The molecule has 10 amide bonds. The van der Waals surface area contributed by atoms with Gasteiger partial charge in [0, 0.05) is 24.7 Å². The van der Waals surface area contributed by atoms with Gasteiger partial charge in [0.05, 0.1) is 75.8 Å². The third-order valence-corrected chi connectivity index (χ3v) is 16.8. The van der Waals surface area contributed by atoms with Crippen molar-refractivity contribution in [3.63, 3.8) is 0 Å². The van der Waals surface area contributed by atoms with Crippen molar-refractivity contribution in [1.82, 2.24) is 51.5 Å². The number of aldehydes is 7. The molecule has 0 aliphatic rings. The molecule has 0 rings (SSSR count). The van der Waals surface area contributed by atoms with Crippen molar-refractivity contribution in [3.8, 4) is 0 Å². The lowest BCUT2D eigenvalue weighted by atomic mass is 9.89. The molecule has 0 saturated carbocycles. The molecule has 0 heterocycles. The Morgan fingerprint density at radius 1 is 0.292 bits per heavy atom. The molecule has 0 fully saturated rings. The number of Topliss-reactive ketones (excluding diaryl/α,β-unsaturated/α-hetero) is 3. The van der Waals surface area contributed by atoms with Crippen molar-refractivity contribution in [2.24, 2.45) is 59.2 Å². The van der Waals surface area contributed by atoms with Gasteiger partial charge in [-0.3, -0.25) is 62.8 Å². The fraction of sp³-hybridized carbons (Fsp3) is 0.753. The van der Waals surface area contributed by atoms with E-state index in [1.54, 1.807) is 96.9 Å². The number of carbonyl (C=O) groups is 20. The molecule has 39 heteroatoms. The van der Waals surface area contributed by atoms with Crippen LogP contribution in [0, 0.1) is 59.2 Å². The Bertz CT molecular complexity index is 3240. The van der Waals surface area contributed by atoms with Gasteiger partial charge in [0.15, 0.2) is 38.7 Å². The van der Waals surface area contributed by atoms with Gasteiger partial charge < -0.3 is 108 Å². The van der Waals surface area contributed by atoms with Crippen LogP contribution >= 0.6 is 0 Å². The van der Waals surface area contributed by atoms with Gasteiger partial charge in [-0.2, -0.15) is 0 Å². The molecule has 120 heavy (non-hydrogen) atoms. The number of hydrogen-bond acceptors (Lipinski definition) is 29. The van der Waals surface area contributed by atoms with Gasteiger partial charge in [-0.15, -0.1) is 0 Å². The Hall–Kier alpha value is -9.60. The number of amides is 10. The average Bonchev–Trinajstić information content (AvgIpc) is 0.886. The number of hydrogen-bond donors (Lipinski definition) is 6. The summed E-state index contributed by atoms with van der Waals surface area (Å²) in [7, 11) is 0. The summed E-state index contributed by atoms with van der Waals surface area (Å²) >= 11 is 0. The molecule has 6 N–H and O–H groups in total. The summed E-state index contributed by atoms with van der Waals surface area (Å²) in [6.45, 7) is 13.3. The number of ketones is 3. The van der Waals surface area contributed by atoms with E-state index in [0.717, 1.165) is 0 Å². The maximum atomic E-state index is 14.1. The lowest BCUT2D eigenvalue weighted by Gasteiger charge is -2.25. The Balaban J connectivity index is 8.28. The van der Waals surface area contributed by atoms with Gasteiger partial charge in [-0.25, -0.2) is 19.2 Å². The molecule has 10 unspecified atom stereocenters. The molecule has 0 aliphatic carbocycles. The molecular weight excluding hydrogens is 1580 g/mol. The predicted octanol–water partition coefficient (Wildman–Crippen LogP) is 3.80. The molecule has 0 aromatic heterocycles. The van der Waals surface area contributed by atoms with Crippen LogP contribution in [0.3, 0.4) is 0 Å². The first-order chi connectivity index (χ1) is 59.1. The second-order valence-corrected chi connectivity index (χ2v) is 32.5. The van der Waals surface area contributed by atoms with E-state index in [1.165, 1.54) is 6.92 Å². The number of rotatable bonds is 68. The topological polar surface area (TPSA) is 510 Å². The molecule has 0 spiro atoms.